The maximum atomic E-state index is 11.5. The number of hydrogen-bond acceptors (Lipinski definition) is 4. The van der Waals surface area contributed by atoms with Crippen molar-refractivity contribution in [2.24, 2.45) is 5.41 Å². The lowest BCUT2D eigenvalue weighted by Gasteiger charge is -2.22. The Kier molecular flexibility index (Phi) is 2.09. The largest absolute Gasteiger partial charge is 0.355 e. The number of amides is 1. The van der Waals surface area contributed by atoms with Gasteiger partial charge in [-0.15, -0.1) is 0 Å². The third-order valence-corrected chi connectivity index (χ3v) is 4.27. The number of aromatic nitrogens is 3. The molecule has 1 spiro atoms. The molecule has 4 heterocycles. The SMILES string of the molecule is O=C1CC2(CCN(c3ncnc4[nH]ccc34)C2)CN1. The van der Waals surface area contributed by atoms with E-state index in [0.29, 0.717) is 6.42 Å². The number of aromatic amines is 1. The highest BCUT2D eigenvalue weighted by Gasteiger charge is 2.44. The summed E-state index contributed by atoms with van der Waals surface area (Å²) >= 11 is 0. The number of anilines is 1. The number of carbonyl (C=O) groups excluding carboxylic acids is 1. The van der Waals surface area contributed by atoms with Crippen LogP contribution in [0.2, 0.25) is 0 Å². The van der Waals surface area contributed by atoms with Crippen LogP contribution in [0.4, 0.5) is 5.82 Å². The highest BCUT2D eigenvalue weighted by molar-refractivity contribution is 5.87. The van der Waals surface area contributed by atoms with Crippen LogP contribution in [-0.4, -0.2) is 40.5 Å². The number of H-pyrrole nitrogens is 1. The van der Waals surface area contributed by atoms with Gasteiger partial charge in [-0.2, -0.15) is 0 Å². The van der Waals surface area contributed by atoms with Crippen molar-refractivity contribution < 1.29 is 4.79 Å². The Morgan fingerprint density at radius 3 is 3.16 bits per heavy atom. The summed E-state index contributed by atoms with van der Waals surface area (Å²) in [6.07, 6.45) is 5.17. The van der Waals surface area contributed by atoms with Gasteiger partial charge in [0.1, 0.15) is 17.8 Å². The number of rotatable bonds is 1. The highest BCUT2D eigenvalue weighted by Crippen LogP contribution is 2.39. The Bertz CT molecular complexity index is 651. The minimum absolute atomic E-state index is 0.102. The summed E-state index contributed by atoms with van der Waals surface area (Å²) in [6, 6.07) is 2.01. The molecule has 0 bridgehead atoms. The summed E-state index contributed by atoms with van der Waals surface area (Å²) in [5, 5.41) is 4.00. The standard InChI is InChI=1S/C13H15N5O/c19-10-5-13(6-15-10)2-4-18(7-13)12-9-1-3-14-11(9)16-8-17-12/h1,3,8H,2,4-7H2,(H,15,19)(H,14,16,17). The Balaban J connectivity index is 1.68. The molecule has 98 valence electrons. The molecule has 2 aromatic heterocycles. The van der Waals surface area contributed by atoms with Gasteiger partial charge >= 0.3 is 0 Å². The van der Waals surface area contributed by atoms with Gasteiger partial charge in [-0.25, -0.2) is 9.97 Å². The molecule has 6 nitrogen and oxygen atoms in total. The average molecular weight is 257 g/mol. The van der Waals surface area contributed by atoms with E-state index < -0.39 is 0 Å². The van der Waals surface area contributed by atoms with Crippen LogP contribution in [0.3, 0.4) is 0 Å². The summed E-state index contributed by atoms with van der Waals surface area (Å²) in [6.45, 7) is 2.64. The number of nitrogens with zero attached hydrogens (tertiary/aromatic N) is 3. The van der Waals surface area contributed by atoms with Gasteiger partial charge in [-0.1, -0.05) is 0 Å². The van der Waals surface area contributed by atoms with Crippen LogP contribution in [0.5, 0.6) is 0 Å². The lowest BCUT2D eigenvalue weighted by atomic mass is 9.86. The molecule has 2 saturated heterocycles. The van der Waals surface area contributed by atoms with Gasteiger partial charge in [0.25, 0.3) is 0 Å². The Hall–Kier alpha value is -2.11. The molecule has 2 aliphatic rings. The molecule has 0 radical (unpaired) electrons. The van der Waals surface area contributed by atoms with Gasteiger partial charge < -0.3 is 15.2 Å². The van der Waals surface area contributed by atoms with Crippen molar-refractivity contribution in [1.82, 2.24) is 20.3 Å². The van der Waals surface area contributed by atoms with E-state index in [1.54, 1.807) is 6.33 Å². The first-order chi connectivity index (χ1) is 9.26. The first-order valence-corrected chi connectivity index (χ1v) is 6.56. The van der Waals surface area contributed by atoms with Crippen LogP contribution in [0.1, 0.15) is 12.8 Å². The van der Waals surface area contributed by atoms with E-state index in [0.717, 1.165) is 42.9 Å². The summed E-state index contributed by atoms with van der Waals surface area (Å²) in [4.78, 5) is 25.5. The van der Waals surface area contributed by atoms with Crippen LogP contribution in [-0.2, 0) is 4.79 Å². The maximum absolute atomic E-state index is 11.5. The third kappa shape index (κ3) is 1.59. The topological polar surface area (TPSA) is 73.9 Å². The van der Waals surface area contributed by atoms with E-state index in [4.69, 9.17) is 0 Å². The van der Waals surface area contributed by atoms with Crippen LogP contribution >= 0.6 is 0 Å². The van der Waals surface area contributed by atoms with Crippen molar-refractivity contribution >= 4 is 22.8 Å². The average Bonchev–Trinajstić information content (AvgIpc) is 3.10. The zero-order valence-electron chi connectivity index (χ0n) is 10.5. The maximum Gasteiger partial charge on any atom is 0.220 e. The van der Waals surface area contributed by atoms with Crippen molar-refractivity contribution in [2.45, 2.75) is 12.8 Å². The van der Waals surface area contributed by atoms with Crippen molar-refractivity contribution in [3.63, 3.8) is 0 Å². The van der Waals surface area contributed by atoms with E-state index in [-0.39, 0.29) is 11.3 Å². The molecule has 0 saturated carbocycles. The molecule has 2 fully saturated rings. The molecule has 6 heteroatoms. The molecule has 4 rings (SSSR count). The van der Waals surface area contributed by atoms with Crippen LogP contribution in [0.15, 0.2) is 18.6 Å². The van der Waals surface area contributed by atoms with E-state index in [1.165, 1.54) is 0 Å². The molecule has 0 aliphatic carbocycles. The van der Waals surface area contributed by atoms with Crippen LogP contribution < -0.4 is 10.2 Å². The minimum Gasteiger partial charge on any atom is -0.355 e. The molecule has 1 amide bonds. The van der Waals surface area contributed by atoms with E-state index >= 15 is 0 Å². The second kappa shape index (κ2) is 3.69. The molecular formula is C13H15N5O. The van der Waals surface area contributed by atoms with Crippen LogP contribution in [0.25, 0.3) is 11.0 Å². The summed E-state index contributed by atoms with van der Waals surface area (Å²) in [5.74, 6) is 1.15. The zero-order valence-corrected chi connectivity index (χ0v) is 10.5. The van der Waals surface area contributed by atoms with E-state index in [1.807, 2.05) is 12.3 Å². The fraction of sp³-hybridized carbons (Fsp3) is 0.462. The predicted octanol–water partition coefficient (Wildman–Crippen LogP) is 0.674. The molecular weight excluding hydrogens is 242 g/mol. The quantitative estimate of drug-likeness (QED) is 0.787. The monoisotopic (exact) mass is 257 g/mol. The summed E-state index contributed by atoms with van der Waals surface area (Å²) in [7, 11) is 0. The highest BCUT2D eigenvalue weighted by atomic mass is 16.1. The fourth-order valence-electron chi connectivity index (χ4n) is 3.27. The second-order valence-electron chi connectivity index (χ2n) is 5.56. The van der Waals surface area contributed by atoms with Gasteiger partial charge in [0.05, 0.1) is 5.39 Å². The first kappa shape index (κ1) is 10.8. The van der Waals surface area contributed by atoms with Crippen molar-refractivity contribution in [2.75, 3.05) is 24.5 Å². The van der Waals surface area contributed by atoms with E-state index in [9.17, 15) is 4.79 Å². The Morgan fingerprint density at radius 1 is 1.37 bits per heavy atom. The first-order valence-electron chi connectivity index (χ1n) is 6.56. The number of hydrogen-bond donors (Lipinski definition) is 2. The molecule has 1 atom stereocenters. The summed E-state index contributed by atoms with van der Waals surface area (Å²) < 4.78 is 0. The van der Waals surface area contributed by atoms with Crippen LogP contribution in [0, 0.1) is 5.41 Å². The molecule has 1 unspecified atom stereocenters. The smallest absolute Gasteiger partial charge is 0.220 e. The van der Waals surface area contributed by atoms with Crippen molar-refractivity contribution in [3.8, 4) is 0 Å². The van der Waals surface area contributed by atoms with Gasteiger partial charge in [0.15, 0.2) is 0 Å². The van der Waals surface area contributed by atoms with Gasteiger partial charge in [0.2, 0.25) is 5.91 Å². The number of nitrogens with one attached hydrogen (secondary N) is 2. The Labute approximate surface area is 110 Å². The fourth-order valence-corrected chi connectivity index (χ4v) is 3.27. The molecule has 2 N–H and O–H groups in total. The molecule has 2 aliphatic heterocycles. The number of carbonyl (C=O) groups is 1. The number of fused-ring (bicyclic) bond motifs is 1. The van der Waals surface area contributed by atoms with Gasteiger partial charge in [-0.05, 0) is 12.5 Å². The lowest BCUT2D eigenvalue weighted by molar-refractivity contribution is -0.119. The Morgan fingerprint density at radius 2 is 2.32 bits per heavy atom. The van der Waals surface area contributed by atoms with Gasteiger partial charge in [0, 0.05) is 37.7 Å². The minimum atomic E-state index is 0.102. The van der Waals surface area contributed by atoms with E-state index in [2.05, 4.69) is 25.2 Å². The second-order valence-corrected chi connectivity index (χ2v) is 5.56. The van der Waals surface area contributed by atoms with Crippen molar-refractivity contribution in [3.05, 3.63) is 18.6 Å². The normalized spacial score (nSPS) is 26.5. The van der Waals surface area contributed by atoms with Gasteiger partial charge in [-0.3, -0.25) is 4.79 Å². The molecule has 0 aromatic carbocycles. The van der Waals surface area contributed by atoms with Crippen molar-refractivity contribution in [1.29, 1.82) is 0 Å². The third-order valence-electron chi connectivity index (χ3n) is 4.27. The molecule has 19 heavy (non-hydrogen) atoms. The zero-order chi connectivity index (χ0) is 12.9. The predicted molar refractivity (Wildman–Crippen MR) is 70.8 cm³/mol. The summed E-state index contributed by atoms with van der Waals surface area (Å²) in [5.41, 5.74) is 0.969. The lowest BCUT2D eigenvalue weighted by Crippen LogP contribution is -2.29. The molecule has 2 aromatic rings.